The van der Waals surface area contributed by atoms with E-state index in [1.54, 1.807) is 12.1 Å². The molecule has 1 heterocycles. The van der Waals surface area contributed by atoms with Gasteiger partial charge in [0.05, 0.1) is 16.6 Å². The van der Waals surface area contributed by atoms with E-state index < -0.39 is 10.0 Å². The van der Waals surface area contributed by atoms with E-state index in [4.69, 9.17) is 0 Å². The van der Waals surface area contributed by atoms with Crippen molar-refractivity contribution in [1.29, 1.82) is 0 Å². The van der Waals surface area contributed by atoms with Crippen LogP contribution in [-0.2, 0) is 10.0 Å². The molecule has 0 saturated heterocycles. The monoisotopic (exact) mass is 530 g/mol. The summed E-state index contributed by atoms with van der Waals surface area (Å²) in [6.45, 7) is 0. The van der Waals surface area contributed by atoms with Gasteiger partial charge in [0.15, 0.2) is 0 Å². The van der Waals surface area contributed by atoms with Gasteiger partial charge in [0, 0.05) is 21.5 Å². The van der Waals surface area contributed by atoms with Crippen molar-refractivity contribution in [3.63, 3.8) is 0 Å². The van der Waals surface area contributed by atoms with Crippen LogP contribution >= 0.6 is 15.9 Å². The maximum atomic E-state index is 13.4. The second-order valence-corrected chi connectivity index (χ2v) is 11.5. The fourth-order valence-electron chi connectivity index (χ4n) is 5.26. The summed E-state index contributed by atoms with van der Waals surface area (Å²) >= 11 is 3.52. The van der Waals surface area contributed by atoms with Crippen LogP contribution in [0, 0.1) is 5.92 Å². The molecule has 170 valence electrons. The van der Waals surface area contributed by atoms with Gasteiger partial charge in [-0.15, -0.1) is 0 Å². The number of nitrogens with one attached hydrogen (secondary N) is 2. The molecule has 3 atom stereocenters. The lowest BCUT2D eigenvalue weighted by atomic mass is 9.77. The summed E-state index contributed by atoms with van der Waals surface area (Å²) in [4.78, 5) is 0.280. The van der Waals surface area contributed by atoms with E-state index >= 15 is 0 Å². The van der Waals surface area contributed by atoms with Gasteiger partial charge in [-0.2, -0.15) is 0 Å². The summed E-state index contributed by atoms with van der Waals surface area (Å²) < 4.78 is 30.6. The fourth-order valence-corrected chi connectivity index (χ4v) is 6.64. The molecular weight excluding hydrogens is 508 g/mol. The Kier molecular flexibility index (Phi) is 5.23. The lowest BCUT2D eigenvalue weighted by Crippen LogP contribution is -2.29. The molecule has 0 radical (unpaired) electrons. The largest absolute Gasteiger partial charge is 0.378 e. The molecule has 1 aliphatic carbocycles. The summed E-state index contributed by atoms with van der Waals surface area (Å²) in [5.74, 6) is 0.523. The minimum Gasteiger partial charge on any atom is -0.378 e. The molecule has 6 rings (SSSR count). The predicted molar refractivity (Wildman–Crippen MR) is 142 cm³/mol. The first-order valence-electron chi connectivity index (χ1n) is 11.3. The first kappa shape index (κ1) is 21.4. The molecule has 34 heavy (non-hydrogen) atoms. The van der Waals surface area contributed by atoms with Crippen molar-refractivity contribution >= 4 is 48.1 Å². The van der Waals surface area contributed by atoms with Crippen LogP contribution in [0.1, 0.15) is 29.5 Å². The van der Waals surface area contributed by atoms with Crippen LogP contribution in [0.15, 0.2) is 106 Å². The van der Waals surface area contributed by atoms with Crippen LogP contribution in [0.3, 0.4) is 0 Å². The minimum absolute atomic E-state index is 0.178. The van der Waals surface area contributed by atoms with Crippen molar-refractivity contribution < 1.29 is 8.42 Å². The van der Waals surface area contributed by atoms with E-state index in [9.17, 15) is 8.42 Å². The number of hydrogen-bond donors (Lipinski definition) is 2. The zero-order valence-electron chi connectivity index (χ0n) is 18.3. The van der Waals surface area contributed by atoms with E-state index in [-0.39, 0.29) is 16.9 Å². The van der Waals surface area contributed by atoms with Gasteiger partial charge in [0.25, 0.3) is 10.0 Å². The number of sulfonamides is 1. The Balaban J connectivity index is 1.36. The average molecular weight is 531 g/mol. The predicted octanol–water partition coefficient (Wildman–Crippen LogP) is 7.23. The summed E-state index contributed by atoms with van der Waals surface area (Å²) in [6, 6.07) is 27.5. The smallest absolute Gasteiger partial charge is 0.261 e. The number of fused-ring (bicyclic) bond motifs is 4. The van der Waals surface area contributed by atoms with Gasteiger partial charge < -0.3 is 5.32 Å². The quantitative estimate of drug-likeness (QED) is 0.273. The molecule has 6 heteroatoms. The standard InChI is InChI=1S/C28H23BrN2O2S/c29-20-13-11-19(12-14-20)28-24-9-4-8-23(24)25-17-21(15-16-26(25)30-28)34(32,33)31-27-10-3-6-18-5-1-2-7-22(18)27/h1-8,10-17,23-24,28,30-31H,9H2/t23-,24+,28+/m0/s1. The molecule has 2 N–H and O–H groups in total. The van der Waals surface area contributed by atoms with E-state index in [1.165, 1.54) is 5.56 Å². The Hall–Kier alpha value is -3.09. The van der Waals surface area contributed by atoms with E-state index in [2.05, 4.69) is 62.4 Å². The van der Waals surface area contributed by atoms with Crippen molar-refractivity contribution in [2.45, 2.75) is 23.3 Å². The van der Waals surface area contributed by atoms with E-state index in [0.717, 1.165) is 32.9 Å². The topological polar surface area (TPSA) is 58.2 Å². The molecule has 2 aliphatic rings. The molecule has 4 aromatic carbocycles. The van der Waals surface area contributed by atoms with Gasteiger partial charge in [-0.1, -0.05) is 76.6 Å². The molecule has 4 nitrogen and oxygen atoms in total. The van der Waals surface area contributed by atoms with Crippen LogP contribution in [0.25, 0.3) is 10.8 Å². The third-order valence-corrected chi connectivity index (χ3v) is 8.80. The molecule has 0 saturated carbocycles. The number of benzene rings is 4. The first-order chi connectivity index (χ1) is 16.5. The molecule has 0 unspecified atom stereocenters. The zero-order valence-corrected chi connectivity index (χ0v) is 20.7. The molecule has 0 bridgehead atoms. The number of halogens is 1. The maximum absolute atomic E-state index is 13.4. The molecule has 0 fully saturated rings. The van der Waals surface area contributed by atoms with Crippen LogP contribution in [-0.4, -0.2) is 8.42 Å². The summed E-state index contributed by atoms with van der Waals surface area (Å²) in [7, 11) is -3.74. The summed E-state index contributed by atoms with van der Waals surface area (Å²) in [5, 5.41) is 5.56. The number of hydrogen-bond acceptors (Lipinski definition) is 3. The molecule has 0 aromatic heterocycles. The Labute approximate surface area is 207 Å². The normalized spacial score (nSPS) is 21.0. The first-order valence-corrected chi connectivity index (χ1v) is 13.6. The van der Waals surface area contributed by atoms with Gasteiger partial charge in [0.2, 0.25) is 0 Å². The molecule has 1 aliphatic heterocycles. The van der Waals surface area contributed by atoms with Crippen molar-refractivity contribution in [3.8, 4) is 0 Å². The number of anilines is 2. The SMILES string of the molecule is O=S(=O)(Nc1cccc2ccccc12)c1ccc2c(c1)[C@H]1C=CC[C@H]1[C@@H](c1ccc(Br)cc1)N2. The lowest BCUT2D eigenvalue weighted by Gasteiger charge is -2.37. The highest BCUT2D eigenvalue weighted by molar-refractivity contribution is 9.10. The number of allylic oxidation sites excluding steroid dienone is 2. The van der Waals surface area contributed by atoms with Crippen molar-refractivity contribution in [2.75, 3.05) is 10.0 Å². The third kappa shape index (κ3) is 3.71. The van der Waals surface area contributed by atoms with Crippen molar-refractivity contribution in [2.24, 2.45) is 5.92 Å². The molecule has 0 amide bonds. The van der Waals surface area contributed by atoms with E-state index in [1.807, 2.05) is 48.5 Å². The van der Waals surface area contributed by atoms with Gasteiger partial charge in [0.1, 0.15) is 0 Å². The average Bonchev–Trinajstić information content (AvgIpc) is 3.34. The van der Waals surface area contributed by atoms with Crippen LogP contribution in [0.4, 0.5) is 11.4 Å². The minimum atomic E-state index is -3.74. The lowest BCUT2D eigenvalue weighted by molar-refractivity contribution is 0.425. The van der Waals surface area contributed by atoms with E-state index in [0.29, 0.717) is 11.6 Å². The number of rotatable bonds is 4. The third-order valence-electron chi connectivity index (χ3n) is 6.91. The summed E-state index contributed by atoms with van der Waals surface area (Å²) in [6.07, 6.45) is 5.40. The highest BCUT2D eigenvalue weighted by Gasteiger charge is 2.38. The molecule has 0 spiro atoms. The van der Waals surface area contributed by atoms with Gasteiger partial charge >= 0.3 is 0 Å². The van der Waals surface area contributed by atoms with Gasteiger partial charge in [-0.05, 0) is 65.3 Å². The fraction of sp³-hybridized carbons (Fsp3) is 0.143. The zero-order chi connectivity index (χ0) is 23.3. The van der Waals surface area contributed by atoms with Crippen LogP contribution < -0.4 is 10.0 Å². The highest BCUT2D eigenvalue weighted by Crippen LogP contribution is 2.50. The van der Waals surface area contributed by atoms with Crippen molar-refractivity contribution in [3.05, 3.63) is 113 Å². The second kappa shape index (κ2) is 8.29. The van der Waals surface area contributed by atoms with Crippen LogP contribution in [0.2, 0.25) is 0 Å². The van der Waals surface area contributed by atoms with Crippen LogP contribution in [0.5, 0.6) is 0 Å². The second-order valence-electron chi connectivity index (χ2n) is 8.91. The maximum Gasteiger partial charge on any atom is 0.261 e. The Morgan fingerprint density at radius 3 is 2.56 bits per heavy atom. The summed E-state index contributed by atoms with van der Waals surface area (Å²) in [5.41, 5.74) is 3.85. The Bertz CT molecular complexity index is 1520. The Morgan fingerprint density at radius 1 is 0.912 bits per heavy atom. The van der Waals surface area contributed by atoms with Crippen molar-refractivity contribution in [1.82, 2.24) is 0 Å². The Morgan fingerprint density at radius 2 is 1.71 bits per heavy atom. The molecular formula is C28H23BrN2O2S. The van der Waals surface area contributed by atoms with Gasteiger partial charge in [-0.25, -0.2) is 8.42 Å². The highest BCUT2D eigenvalue weighted by atomic mass is 79.9. The molecule has 4 aromatic rings. The van der Waals surface area contributed by atoms with Gasteiger partial charge in [-0.3, -0.25) is 4.72 Å².